The molecule has 0 radical (unpaired) electrons. The largest absolute Gasteiger partial charge is 0.494 e. The molecule has 12 heteroatoms. The minimum atomic E-state index is -3.83. The van der Waals surface area contributed by atoms with Crippen molar-refractivity contribution in [3.63, 3.8) is 0 Å². The topological polar surface area (TPSA) is 163 Å². The van der Waals surface area contributed by atoms with Crippen LogP contribution in [0, 0.1) is 0 Å². The number of nitrogens with one attached hydrogen (secondary N) is 1. The molecule has 2 atom stereocenters. The summed E-state index contributed by atoms with van der Waals surface area (Å²) < 4.78 is 39.3. The number of nitrogens with zero attached hydrogens (tertiary/aromatic N) is 4. The normalized spacial score (nSPS) is 17.3. The summed E-state index contributed by atoms with van der Waals surface area (Å²) in [6, 6.07) is 30.9. The molecule has 0 aromatic heterocycles. The van der Waals surface area contributed by atoms with Gasteiger partial charge in [-0.15, -0.1) is 0 Å². The van der Waals surface area contributed by atoms with Gasteiger partial charge in [0.05, 0.1) is 23.8 Å². The molecule has 4 aromatic rings. The van der Waals surface area contributed by atoms with Gasteiger partial charge in [-0.3, -0.25) is 4.79 Å². The van der Waals surface area contributed by atoms with Gasteiger partial charge >= 0.3 is 0 Å². The first-order chi connectivity index (χ1) is 22.4. The maximum atomic E-state index is 14.5. The fourth-order valence-electron chi connectivity index (χ4n) is 5.19. The Balaban J connectivity index is 1.62. The number of carbonyl (C=O) groups is 1. The van der Waals surface area contributed by atoms with Crippen LogP contribution < -0.4 is 10.1 Å². The Morgan fingerprint density at radius 2 is 1.65 bits per heavy atom. The van der Waals surface area contributed by atoms with Crippen LogP contribution in [0.25, 0.3) is 10.4 Å². The summed E-state index contributed by atoms with van der Waals surface area (Å²) in [6.07, 6.45) is -0.794. The van der Waals surface area contributed by atoms with E-state index in [1.165, 1.54) is 12.1 Å². The number of aliphatic imine (C=N–C) groups is 1. The Labute approximate surface area is 267 Å². The molecular weight excluding hydrogens is 606 g/mol. The second-order valence-corrected chi connectivity index (χ2v) is 12.7. The molecule has 1 amide bonds. The first-order valence-corrected chi connectivity index (χ1v) is 16.3. The number of sulfone groups is 1. The van der Waals surface area contributed by atoms with Gasteiger partial charge in [0.25, 0.3) is 5.91 Å². The third kappa shape index (κ3) is 7.37. The zero-order chi connectivity index (χ0) is 32.4. The van der Waals surface area contributed by atoms with Crippen LogP contribution in [0.4, 0.5) is 5.69 Å². The third-order valence-electron chi connectivity index (χ3n) is 7.56. The molecule has 1 aliphatic heterocycles. The van der Waals surface area contributed by atoms with Crippen molar-refractivity contribution < 1.29 is 27.8 Å². The van der Waals surface area contributed by atoms with Crippen molar-refractivity contribution in [2.75, 3.05) is 24.3 Å². The number of aliphatic hydroxyl groups excluding tert-OH is 1. The number of rotatable bonds is 14. The molecule has 0 bridgehead atoms. The molecule has 1 heterocycles. The minimum absolute atomic E-state index is 0.0123. The van der Waals surface area contributed by atoms with Gasteiger partial charge < -0.3 is 19.9 Å². The summed E-state index contributed by atoms with van der Waals surface area (Å²) in [5.74, 6) is -0.226. The number of hydrogen-bond acceptors (Lipinski definition) is 8. The number of para-hydroxylation sites is 1. The highest BCUT2D eigenvalue weighted by Crippen LogP contribution is 2.45. The number of carbonyl (C=O) groups excluding carboxylic acids is 1. The quantitative estimate of drug-likeness (QED) is 0.0742. The van der Waals surface area contributed by atoms with Crippen LogP contribution in [0.3, 0.4) is 0 Å². The lowest BCUT2D eigenvalue weighted by atomic mass is 9.83. The van der Waals surface area contributed by atoms with E-state index >= 15 is 0 Å². The second-order valence-electron chi connectivity index (χ2n) is 10.6. The van der Waals surface area contributed by atoms with Crippen molar-refractivity contribution in [3.05, 3.63) is 136 Å². The first kappa shape index (κ1) is 32.2. The van der Waals surface area contributed by atoms with Gasteiger partial charge in [0.1, 0.15) is 5.75 Å². The zero-order valence-electron chi connectivity index (χ0n) is 24.9. The fraction of sp³-hybridized carbons (Fsp3) is 0.235. The van der Waals surface area contributed by atoms with E-state index in [2.05, 4.69) is 15.3 Å². The molecule has 46 heavy (non-hydrogen) atoms. The van der Waals surface area contributed by atoms with Crippen molar-refractivity contribution in [3.8, 4) is 5.75 Å². The standard InChI is InChI=1S/C34H33N5O6S/c35-39-36-24-26-10-7-8-15-30(26)31-34(33(41)37-27-11-3-1-4-12-27,20-23-46(42,43)29-13-5-2-6-14-29)38-32(45-31)25-16-18-28(19-17-25)44-22-9-21-40/h1-8,10-19,31,40H,9,20-24H2,(H,37,41)/t31-,34-/m1/s1. The molecule has 0 fully saturated rings. The molecule has 5 rings (SSSR count). The van der Waals surface area contributed by atoms with Crippen LogP contribution in [-0.4, -0.2) is 49.8 Å². The van der Waals surface area contributed by atoms with Crippen LogP contribution in [-0.2, 0) is 25.9 Å². The number of benzene rings is 4. The monoisotopic (exact) mass is 639 g/mol. The van der Waals surface area contributed by atoms with Crippen molar-refractivity contribution in [1.29, 1.82) is 0 Å². The van der Waals surface area contributed by atoms with Crippen molar-refractivity contribution >= 4 is 27.3 Å². The maximum Gasteiger partial charge on any atom is 0.256 e. The minimum Gasteiger partial charge on any atom is -0.494 e. The third-order valence-corrected chi connectivity index (χ3v) is 9.29. The van der Waals surface area contributed by atoms with Gasteiger partial charge in [-0.25, -0.2) is 13.4 Å². The number of azide groups is 1. The van der Waals surface area contributed by atoms with E-state index < -0.39 is 33.1 Å². The number of ether oxygens (including phenoxy) is 2. The number of amides is 1. The van der Waals surface area contributed by atoms with Crippen LogP contribution in [0.2, 0.25) is 0 Å². The summed E-state index contributed by atoms with van der Waals surface area (Å²) in [4.78, 5) is 22.4. The Morgan fingerprint density at radius 1 is 0.978 bits per heavy atom. The average molecular weight is 640 g/mol. The number of anilines is 1. The summed E-state index contributed by atoms with van der Waals surface area (Å²) in [6.45, 7) is 0.342. The van der Waals surface area contributed by atoms with Gasteiger partial charge in [-0.2, -0.15) is 0 Å². The van der Waals surface area contributed by atoms with E-state index in [0.29, 0.717) is 41.2 Å². The molecule has 0 spiro atoms. The van der Waals surface area contributed by atoms with E-state index in [-0.39, 0.29) is 30.4 Å². The van der Waals surface area contributed by atoms with E-state index in [1.54, 1.807) is 91.0 Å². The number of hydrogen-bond donors (Lipinski definition) is 2. The molecule has 0 saturated heterocycles. The molecule has 11 nitrogen and oxygen atoms in total. The van der Waals surface area contributed by atoms with Gasteiger partial charge in [0.2, 0.25) is 5.90 Å². The van der Waals surface area contributed by atoms with Crippen molar-refractivity contribution in [2.24, 2.45) is 10.1 Å². The lowest BCUT2D eigenvalue weighted by Crippen LogP contribution is -2.46. The average Bonchev–Trinajstić information content (AvgIpc) is 3.49. The molecule has 0 unspecified atom stereocenters. The highest BCUT2D eigenvalue weighted by Gasteiger charge is 2.54. The maximum absolute atomic E-state index is 14.5. The summed E-state index contributed by atoms with van der Waals surface area (Å²) in [5, 5.41) is 15.7. The van der Waals surface area contributed by atoms with Crippen LogP contribution >= 0.6 is 0 Å². The Hall–Kier alpha value is -5.16. The van der Waals surface area contributed by atoms with Crippen LogP contribution in [0.1, 0.15) is 35.6 Å². The molecule has 0 aliphatic carbocycles. The van der Waals surface area contributed by atoms with Crippen molar-refractivity contribution in [2.45, 2.75) is 35.9 Å². The fourth-order valence-corrected chi connectivity index (χ4v) is 6.57. The smallest absolute Gasteiger partial charge is 0.256 e. The predicted octanol–water partition coefficient (Wildman–Crippen LogP) is 6.02. The Bertz CT molecular complexity index is 1830. The van der Waals surface area contributed by atoms with Crippen LogP contribution in [0.15, 0.2) is 124 Å². The Morgan fingerprint density at radius 3 is 2.35 bits per heavy atom. The molecule has 2 N–H and O–H groups in total. The zero-order valence-corrected chi connectivity index (χ0v) is 25.7. The summed E-state index contributed by atoms with van der Waals surface area (Å²) in [7, 11) is -3.83. The summed E-state index contributed by atoms with van der Waals surface area (Å²) >= 11 is 0. The van der Waals surface area contributed by atoms with E-state index in [4.69, 9.17) is 25.1 Å². The van der Waals surface area contributed by atoms with E-state index in [0.717, 1.165) is 0 Å². The van der Waals surface area contributed by atoms with Crippen LogP contribution in [0.5, 0.6) is 5.75 Å². The first-order valence-electron chi connectivity index (χ1n) is 14.7. The van der Waals surface area contributed by atoms with Gasteiger partial charge in [0.15, 0.2) is 21.5 Å². The predicted molar refractivity (Wildman–Crippen MR) is 174 cm³/mol. The highest BCUT2D eigenvalue weighted by atomic mass is 32.2. The summed E-state index contributed by atoms with van der Waals surface area (Å²) in [5.41, 5.74) is 9.52. The van der Waals surface area contributed by atoms with Gasteiger partial charge in [-0.05, 0) is 65.2 Å². The highest BCUT2D eigenvalue weighted by molar-refractivity contribution is 7.91. The van der Waals surface area contributed by atoms with E-state index in [1.807, 2.05) is 6.07 Å². The number of aliphatic hydroxyl groups is 1. The van der Waals surface area contributed by atoms with Gasteiger partial charge in [0, 0.05) is 35.6 Å². The Kier molecular flexibility index (Phi) is 10.3. The second kappa shape index (κ2) is 14.7. The van der Waals surface area contributed by atoms with Crippen molar-refractivity contribution in [1.82, 2.24) is 0 Å². The van der Waals surface area contributed by atoms with E-state index in [9.17, 15) is 13.2 Å². The molecule has 1 aliphatic rings. The molecule has 236 valence electrons. The SMILES string of the molecule is [N-]=[N+]=NCc1ccccc1[C@H]1OC(c2ccc(OCCCO)cc2)=N[C@@]1(CCS(=O)(=O)c1ccccc1)C(=O)Nc1ccccc1. The molecular formula is C34H33N5O6S. The lowest BCUT2D eigenvalue weighted by Gasteiger charge is -2.31. The lowest BCUT2D eigenvalue weighted by molar-refractivity contribution is -0.123. The van der Waals surface area contributed by atoms with Gasteiger partial charge in [-0.1, -0.05) is 65.8 Å². The molecule has 0 saturated carbocycles. The molecule has 4 aromatic carbocycles.